The van der Waals surface area contributed by atoms with Gasteiger partial charge in [-0.1, -0.05) is 5.92 Å². The van der Waals surface area contributed by atoms with Crippen LogP contribution in [0, 0.1) is 37.0 Å². The first-order valence-corrected chi connectivity index (χ1v) is 8.75. The van der Waals surface area contributed by atoms with E-state index in [0.717, 1.165) is 16.7 Å². The molecule has 28 heavy (non-hydrogen) atoms. The van der Waals surface area contributed by atoms with Crippen LogP contribution in [0.15, 0.2) is 35.3 Å². The molecule has 0 amide bonds. The molecule has 2 aromatic heterocycles. The van der Waals surface area contributed by atoms with E-state index in [9.17, 15) is 9.90 Å². The van der Waals surface area contributed by atoms with Crippen LogP contribution < -0.4 is 5.56 Å². The number of aromatic nitrogens is 3. The number of aryl methyl sites for hydroxylation is 2. The standard InChI is InChI=1S/C22H20N4O2/c1-5-6-16-9-14(2)19(15(3)10-16)20-21(27)25(4)26(22(20)28)13-18-8-7-17(11-23)12-24-18/h7-10,12,27H,13H2,1-4H3. The lowest BCUT2D eigenvalue weighted by Gasteiger charge is -2.09. The number of nitriles is 1. The topological polar surface area (TPSA) is 83.8 Å². The maximum absolute atomic E-state index is 13.1. The highest BCUT2D eigenvalue weighted by molar-refractivity contribution is 5.75. The maximum atomic E-state index is 13.1. The molecule has 0 aliphatic heterocycles. The van der Waals surface area contributed by atoms with E-state index >= 15 is 0 Å². The highest BCUT2D eigenvalue weighted by atomic mass is 16.3. The smallest absolute Gasteiger partial charge is 0.278 e. The summed E-state index contributed by atoms with van der Waals surface area (Å²) in [5.41, 5.74) is 4.38. The Labute approximate surface area is 163 Å². The normalized spacial score (nSPS) is 10.2. The summed E-state index contributed by atoms with van der Waals surface area (Å²) in [5.74, 6) is 5.80. The molecule has 0 saturated carbocycles. The van der Waals surface area contributed by atoms with Gasteiger partial charge in [-0.3, -0.25) is 14.5 Å². The van der Waals surface area contributed by atoms with Crippen molar-refractivity contribution in [2.45, 2.75) is 27.3 Å². The molecular weight excluding hydrogens is 352 g/mol. The Morgan fingerprint density at radius 1 is 1.14 bits per heavy atom. The Kier molecular flexibility index (Phi) is 5.06. The summed E-state index contributed by atoms with van der Waals surface area (Å²) in [6.07, 6.45) is 1.46. The largest absolute Gasteiger partial charge is 0.493 e. The third-order valence-electron chi connectivity index (χ3n) is 4.66. The number of hydrogen-bond donors (Lipinski definition) is 1. The molecule has 140 valence electrons. The molecule has 6 heteroatoms. The van der Waals surface area contributed by atoms with E-state index in [4.69, 9.17) is 5.26 Å². The molecule has 0 aliphatic rings. The van der Waals surface area contributed by atoms with E-state index < -0.39 is 0 Å². The summed E-state index contributed by atoms with van der Waals surface area (Å²) in [4.78, 5) is 17.3. The second kappa shape index (κ2) is 7.46. The SMILES string of the molecule is CC#Cc1cc(C)c(-c2c(O)n(C)n(Cc3ccc(C#N)cn3)c2=O)c(C)c1. The monoisotopic (exact) mass is 372 g/mol. The highest BCUT2D eigenvalue weighted by Gasteiger charge is 2.22. The molecule has 6 nitrogen and oxygen atoms in total. The zero-order valence-corrected chi connectivity index (χ0v) is 16.2. The molecular formula is C22H20N4O2. The van der Waals surface area contributed by atoms with Crippen molar-refractivity contribution in [1.29, 1.82) is 5.26 Å². The number of nitrogens with zero attached hydrogens (tertiary/aromatic N) is 4. The predicted molar refractivity (Wildman–Crippen MR) is 107 cm³/mol. The van der Waals surface area contributed by atoms with Gasteiger partial charge in [-0.2, -0.15) is 5.26 Å². The Hall–Kier alpha value is -3.77. The van der Waals surface area contributed by atoms with E-state index in [1.54, 1.807) is 26.1 Å². The summed E-state index contributed by atoms with van der Waals surface area (Å²) < 4.78 is 2.86. The molecule has 0 bridgehead atoms. The van der Waals surface area contributed by atoms with Crippen molar-refractivity contribution >= 4 is 0 Å². The van der Waals surface area contributed by atoms with Crippen molar-refractivity contribution in [3.8, 4) is 34.9 Å². The number of hydrogen-bond acceptors (Lipinski definition) is 4. The minimum Gasteiger partial charge on any atom is -0.493 e. The van der Waals surface area contributed by atoms with Gasteiger partial charge in [-0.05, 0) is 61.7 Å². The third kappa shape index (κ3) is 3.28. The van der Waals surface area contributed by atoms with E-state index in [0.29, 0.717) is 16.8 Å². The summed E-state index contributed by atoms with van der Waals surface area (Å²) in [5, 5.41) is 19.6. The number of benzene rings is 1. The van der Waals surface area contributed by atoms with Gasteiger partial charge in [-0.25, -0.2) is 4.68 Å². The van der Waals surface area contributed by atoms with Crippen LogP contribution in [0.4, 0.5) is 0 Å². The maximum Gasteiger partial charge on any atom is 0.278 e. The first-order valence-electron chi connectivity index (χ1n) is 8.75. The van der Waals surface area contributed by atoms with Crippen molar-refractivity contribution in [3.05, 3.63) is 68.8 Å². The van der Waals surface area contributed by atoms with E-state index in [1.807, 2.05) is 32.0 Å². The Balaban J connectivity index is 2.12. The third-order valence-corrected chi connectivity index (χ3v) is 4.66. The van der Waals surface area contributed by atoms with Crippen LogP contribution in [-0.2, 0) is 13.6 Å². The Bertz CT molecular complexity index is 1190. The molecule has 0 fully saturated rings. The molecule has 3 rings (SSSR count). The molecule has 0 saturated heterocycles. The molecule has 1 aromatic carbocycles. The van der Waals surface area contributed by atoms with Crippen LogP contribution >= 0.6 is 0 Å². The average molecular weight is 372 g/mol. The molecule has 0 aliphatic carbocycles. The Morgan fingerprint density at radius 3 is 2.36 bits per heavy atom. The second-order valence-corrected chi connectivity index (χ2v) is 6.60. The zero-order valence-electron chi connectivity index (χ0n) is 16.2. The first kappa shape index (κ1) is 19.0. The van der Waals surface area contributed by atoms with Gasteiger partial charge >= 0.3 is 0 Å². The summed E-state index contributed by atoms with van der Waals surface area (Å²) >= 11 is 0. The van der Waals surface area contributed by atoms with Gasteiger partial charge in [0.15, 0.2) is 0 Å². The summed E-state index contributed by atoms with van der Waals surface area (Å²) in [7, 11) is 1.63. The molecule has 1 N–H and O–H groups in total. The predicted octanol–water partition coefficient (Wildman–Crippen LogP) is 2.86. The van der Waals surface area contributed by atoms with Crippen LogP contribution in [-0.4, -0.2) is 19.5 Å². The Morgan fingerprint density at radius 2 is 1.82 bits per heavy atom. The molecule has 0 unspecified atom stereocenters. The van der Waals surface area contributed by atoms with Crippen molar-refractivity contribution in [2.24, 2.45) is 7.05 Å². The molecule has 0 atom stereocenters. The fraction of sp³-hybridized carbons (Fsp3) is 0.227. The van der Waals surface area contributed by atoms with Gasteiger partial charge < -0.3 is 5.11 Å². The van der Waals surface area contributed by atoms with Gasteiger partial charge in [0, 0.05) is 18.8 Å². The van der Waals surface area contributed by atoms with Crippen LogP contribution in [0.2, 0.25) is 0 Å². The minimum absolute atomic E-state index is 0.0980. The van der Waals surface area contributed by atoms with E-state index in [-0.39, 0.29) is 23.5 Å². The van der Waals surface area contributed by atoms with Gasteiger partial charge in [0.2, 0.25) is 5.88 Å². The molecule has 0 spiro atoms. The van der Waals surface area contributed by atoms with E-state index in [1.165, 1.54) is 15.6 Å². The van der Waals surface area contributed by atoms with Crippen LogP contribution in [0.1, 0.15) is 34.9 Å². The average Bonchev–Trinajstić information content (AvgIpc) is 2.86. The lowest BCUT2D eigenvalue weighted by molar-refractivity contribution is 0.389. The van der Waals surface area contributed by atoms with Crippen molar-refractivity contribution in [3.63, 3.8) is 0 Å². The van der Waals surface area contributed by atoms with Gasteiger partial charge in [0.05, 0.1) is 17.8 Å². The fourth-order valence-corrected chi connectivity index (χ4v) is 3.35. The molecule has 0 radical (unpaired) electrons. The highest BCUT2D eigenvalue weighted by Crippen LogP contribution is 2.32. The van der Waals surface area contributed by atoms with Crippen LogP contribution in [0.25, 0.3) is 11.1 Å². The number of rotatable bonds is 3. The van der Waals surface area contributed by atoms with E-state index in [2.05, 4.69) is 16.8 Å². The van der Waals surface area contributed by atoms with Crippen LogP contribution in [0.5, 0.6) is 5.88 Å². The summed E-state index contributed by atoms with van der Waals surface area (Å²) in [6, 6.07) is 9.19. The second-order valence-electron chi connectivity index (χ2n) is 6.60. The van der Waals surface area contributed by atoms with Gasteiger partial charge in [0.25, 0.3) is 5.56 Å². The summed E-state index contributed by atoms with van der Waals surface area (Å²) in [6.45, 7) is 5.77. The fourth-order valence-electron chi connectivity index (χ4n) is 3.35. The zero-order chi connectivity index (χ0) is 20.4. The molecule has 2 heterocycles. The quantitative estimate of drug-likeness (QED) is 0.717. The lowest BCUT2D eigenvalue weighted by Crippen LogP contribution is -2.23. The van der Waals surface area contributed by atoms with Crippen molar-refractivity contribution in [2.75, 3.05) is 0 Å². The van der Waals surface area contributed by atoms with Crippen molar-refractivity contribution < 1.29 is 5.11 Å². The number of aromatic hydroxyl groups is 1. The first-order chi connectivity index (χ1) is 13.4. The van der Waals surface area contributed by atoms with Gasteiger partial charge in [-0.15, -0.1) is 5.92 Å². The minimum atomic E-state index is -0.299. The number of pyridine rings is 1. The van der Waals surface area contributed by atoms with Crippen molar-refractivity contribution in [1.82, 2.24) is 14.3 Å². The molecule has 3 aromatic rings. The van der Waals surface area contributed by atoms with Crippen LogP contribution in [0.3, 0.4) is 0 Å². The van der Waals surface area contributed by atoms with Gasteiger partial charge in [0.1, 0.15) is 11.6 Å². The lowest BCUT2D eigenvalue weighted by atomic mass is 9.95.